The predicted molar refractivity (Wildman–Crippen MR) is 19.4 cm³/mol. The normalized spacial score (nSPS) is 29.7. The highest BCUT2D eigenvalue weighted by Crippen LogP contribution is 1.93. The van der Waals surface area contributed by atoms with Crippen LogP contribution in [-0.4, -0.2) is 23.7 Å². The van der Waals surface area contributed by atoms with E-state index in [-0.39, 0.29) is 6.04 Å². The summed E-state index contributed by atoms with van der Waals surface area (Å²) < 4.78 is 0. The fourth-order valence-corrected chi connectivity index (χ4v) is 0.234. The van der Waals surface area contributed by atoms with Crippen molar-refractivity contribution in [1.82, 2.24) is 5.32 Å². The Labute approximate surface area is 35.0 Å². The van der Waals surface area contributed by atoms with Crippen molar-refractivity contribution in [3.8, 4) is 0 Å². The van der Waals surface area contributed by atoms with Gasteiger partial charge in [0.2, 0.25) is 0 Å². The molecule has 2 N–H and O–H groups in total. The lowest BCUT2D eigenvalue weighted by molar-refractivity contribution is -0.136. The molecule has 0 amide bonds. The Morgan fingerprint density at radius 3 is 2.50 bits per heavy atom. The summed E-state index contributed by atoms with van der Waals surface area (Å²) in [4.78, 5) is 9.70. The zero-order chi connectivity index (χ0) is 4.57. The second-order valence-corrected chi connectivity index (χ2v) is 1.30. The molecule has 1 aliphatic rings. The van der Waals surface area contributed by atoms with Crippen molar-refractivity contribution in [3.05, 3.63) is 0 Å². The molecular formula is C3H5NO2. The molecule has 0 aliphatic carbocycles. The first kappa shape index (κ1) is 3.61. The number of carboxylic acids is 1. The third-order valence-corrected chi connectivity index (χ3v) is 0.706. The maximum Gasteiger partial charge on any atom is 0.322 e. The topological polar surface area (TPSA) is 59.2 Å². The van der Waals surface area contributed by atoms with Gasteiger partial charge >= 0.3 is 5.97 Å². The number of nitrogens with one attached hydrogen (secondary N) is 1. The van der Waals surface area contributed by atoms with Crippen LogP contribution in [0.15, 0.2) is 0 Å². The first-order valence-electron chi connectivity index (χ1n) is 1.77. The molecule has 0 saturated carbocycles. The molecule has 1 rings (SSSR count). The van der Waals surface area contributed by atoms with Crippen LogP contribution in [0.3, 0.4) is 0 Å². The molecule has 0 aromatic rings. The molecule has 1 saturated heterocycles. The molecule has 1 fully saturated rings. The lowest BCUT2D eigenvalue weighted by Gasteiger charge is -1.74. The molecule has 0 aromatic heterocycles. The predicted octanol–water partition coefficient (Wildman–Crippen LogP) is -0.957. The quantitative estimate of drug-likeness (QED) is 0.405. The van der Waals surface area contributed by atoms with Gasteiger partial charge in [0, 0.05) is 6.54 Å². The van der Waals surface area contributed by atoms with E-state index >= 15 is 0 Å². The van der Waals surface area contributed by atoms with E-state index in [2.05, 4.69) is 5.32 Å². The number of hydrogen-bond donors (Lipinski definition) is 2. The lowest BCUT2D eigenvalue weighted by atomic mass is 10.5. The lowest BCUT2D eigenvalue weighted by Crippen LogP contribution is -2.06. The Kier molecular flexibility index (Phi) is 0.569. The van der Waals surface area contributed by atoms with E-state index in [1.54, 1.807) is 0 Å². The van der Waals surface area contributed by atoms with E-state index in [4.69, 9.17) is 5.11 Å². The molecule has 0 aromatic carbocycles. The van der Waals surface area contributed by atoms with E-state index in [0.29, 0.717) is 6.54 Å². The van der Waals surface area contributed by atoms with Gasteiger partial charge in [0.15, 0.2) is 0 Å². The summed E-state index contributed by atoms with van der Waals surface area (Å²) in [5.41, 5.74) is 0. The Morgan fingerprint density at radius 1 is 2.00 bits per heavy atom. The number of carboxylic acid groups (broad SMARTS) is 1. The van der Waals surface area contributed by atoms with Crippen LogP contribution in [-0.2, 0) is 4.79 Å². The van der Waals surface area contributed by atoms with Crippen molar-refractivity contribution in [2.24, 2.45) is 0 Å². The minimum absolute atomic E-state index is 0.231. The summed E-state index contributed by atoms with van der Waals surface area (Å²) in [6.07, 6.45) is 0. The molecule has 1 atom stereocenters. The molecule has 0 bridgehead atoms. The van der Waals surface area contributed by atoms with E-state index in [1.165, 1.54) is 0 Å². The Bertz CT molecular complexity index is 76.9. The van der Waals surface area contributed by atoms with Gasteiger partial charge in [-0.05, 0) is 0 Å². The van der Waals surface area contributed by atoms with E-state index in [1.807, 2.05) is 0 Å². The number of rotatable bonds is 1. The highest BCUT2D eigenvalue weighted by atomic mass is 16.4. The van der Waals surface area contributed by atoms with E-state index < -0.39 is 5.97 Å². The van der Waals surface area contributed by atoms with Crippen molar-refractivity contribution >= 4 is 5.97 Å². The van der Waals surface area contributed by atoms with Crippen molar-refractivity contribution < 1.29 is 9.90 Å². The Balaban J connectivity index is 2.31. The molecule has 0 unspecified atom stereocenters. The SMILES string of the molecule is O=C(O)[C@@H]1CN1. The summed E-state index contributed by atoms with van der Waals surface area (Å²) in [6, 6.07) is -0.231. The van der Waals surface area contributed by atoms with Crippen LogP contribution in [0.2, 0.25) is 0 Å². The minimum atomic E-state index is -0.741. The second-order valence-electron chi connectivity index (χ2n) is 1.30. The van der Waals surface area contributed by atoms with Crippen LogP contribution >= 0.6 is 0 Å². The summed E-state index contributed by atoms with van der Waals surface area (Å²) >= 11 is 0. The van der Waals surface area contributed by atoms with Gasteiger partial charge in [-0.1, -0.05) is 0 Å². The van der Waals surface area contributed by atoms with Gasteiger partial charge < -0.3 is 10.4 Å². The molecule has 3 nitrogen and oxygen atoms in total. The van der Waals surface area contributed by atoms with Crippen LogP contribution in [0.5, 0.6) is 0 Å². The van der Waals surface area contributed by atoms with E-state index in [9.17, 15) is 4.79 Å². The molecule has 0 spiro atoms. The zero-order valence-electron chi connectivity index (χ0n) is 3.14. The summed E-state index contributed by atoms with van der Waals surface area (Å²) in [6.45, 7) is 0.648. The van der Waals surface area contributed by atoms with Crippen molar-refractivity contribution in [1.29, 1.82) is 0 Å². The third-order valence-electron chi connectivity index (χ3n) is 0.706. The fraction of sp³-hybridized carbons (Fsp3) is 0.667. The van der Waals surface area contributed by atoms with Gasteiger partial charge in [-0.25, -0.2) is 0 Å². The van der Waals surface area contributed by atoms with Crippen LogP contribution in [0.1, 0.15) is 0 Å². The first-order chi connectivity index (χ1) is 2.80. The van der Waals surface area contributed by atoms with Gasteiger partial charge in [0.1, 0.15) is 6.04 Å². The van der Waals surface area contributed by atoms with E-state index in [0.717, 1.165) is 0 Å². The Hall–Kier alpha value is -0.570. The maximum atomic E-state index is 9.70. The highest BCUT2D eigenvalue weighted by Gasteiger charge is 2.27. The smallest absolute Gasteiger partial charge is 0.322 e. The van der Waals surface area contributed by atoms with Gasteiger partial charge in [0.25, 0.3) is 0 Å². The minimum Gasteiger partial charge on any atom is -0.480 e. The number of aliphatic carboxylic acids is 1. The molecule has 3 heteroatoms. The standard InChI is InChI=1S/C3H5NO2/c5-3(6)2-1-4-2/h2,4H,1H2,(H,5,6)/t2-/m0/s1. The van der Waals surface area contributed by atoms with Crippen LogP contribution in [0, 0.1) is 0 Å². The third kappa shape index (κ3) is 0.490. The van der Waals surface area contributed by atoms with Crippen LogP contribution in [0.25, 0.3) is 0 Å². The van der Waals surface area contributed by atoms with Crippen LogP contribution in [0.4, 0.5) is 0 Å². The second kappa shape index (κ2) is 0.944. The zero-order valence-corrected chi connectivity index (χ0v) is 3.14. The molecule has 1 heterocycles. The monoisotopic (exact) mass is 87.0 g/mol. The molecule has 1 aliphatic heterocycles. The largest absolute Gasteiger partial charge is 0.480 e. The molecule has 6 heavy (non-hydrogen) atoms. The van der Waals surface area contributed by atoms with Crippen molar-refractivity contribution in [3.63, 3.8) is 0 Å². The van der Waals surface area contributed by atoms with Gasteiger partial charge in [-0.15, -0.1) is 0 Å². The number of carbonyl (C=O) groups is 1. The molecule has 34 valence electrons. The highest BCUT2D eigenvalue weighted by molar-refractivity contribution is 5.76. The summed E-state index contributed by atoms with van der Waals surface area (Å²) in [5.74, 6) is -0.741. The molecule has 0 radical (unpaired) electrons. The summed E-state index contributed by atoms with van der Waals surface area (Å²) in [7, 11) is 0. The number of hydrogen-bond acceptors (Lipinski definition) is 2. The van der Waals surface area contributed by atoms with Crippen LogP contribution < -0.4 is 5.32 Å². The van der Waals surface area contributed by atoms with Crippen molar-refractivity contribution in [2.45, 2.75) is 6.04 Å². The maximum absolute atomic E-state index is 9.70. The summed E-state index contributed by atoms with van der Waals surface area (Å²) in [5, 5.41) is 10.6. The Morgan fingerprint density at radius 2 is 2.50 bits per heavy atom. The average molecular weight is 87.1 g/mol. The van der Waals surface area contributed by atoms with Gasteiger partial charge in [-0.3, -0.25) is 4.79 Å². The van der Waals surface area contributed by atoms with Gasteiger partial charge in [-0.2, -0.15) is 0 Å². The first-order valence-corrected chi connectivity index (χ1v) is 1.77. The van der Waals surface area contributed by atoms with Gasteiger partial charge in [0.05, 0.1) is 0 Å². The fourth-order valence-electron chi connectivity index (χ4n) is 0.234. The van der Waals surface area contributed by atoms with Crippen molar-refractivity contribution in [2.75, 3.05) is 6.54 Å². The molecular weight excluding hydrogens is 82.0 g/mol. The average Bonchev–Trinajstić information content (AvgIpc) is 2.06.